The van der Waals surface area contributed by atoms with Gasteiger partial charge in [-0.1, -0.05) is 0 Å². The molecule has 3 N–H and O–H groups in total. The van der Waals surface area contributed by atoms with Crippen molar-refractivity contribution in [3.05, 3.63) is 29.3 Å². The van der Waals surface area contributed by atoms with Crippen molar-refractivity contribution >= 4 is 23.9 Å². The number of primary amides is 1. The van der Waals surface area contributed by atoms with Crippen LogP contribution in [0.2, 0.25) is 0 Å². The van der Waals surface area contributed by atoms with Gasteiger partial charge in [-0.25, -0.2) is 4.79 Å². The van der Waals surface area contributed by atoms with E-state index in [9.17, 15) is 14.4 Å². The summed E-state index contributed by atoms with van der Waals surface area (Å²) in [5.41, 5.74) is 6.64. The average Bonchev–Trinajstić information content (AvgIpc) is 2.95. The average molecular weight is 362 g/mol. The van der Waals surface area contributed by atoms with Crippen LogP contribution < -0.4 is 20.5 Å². The van der Waals surface area contributed by atoms with Crippen LogP contribution in [0.25, 0.3) is 6.08 Å². The van der Waals surface area contributed by atoms with Gasteiger partial charge in [0.1, 0.15) is 17.6 Å². The fourth-order valence-electron chi connectivity index (χ4n) is 2.45. The van der Waals surface area contributed by atoms with Crippen LogP contribution in [0.4, 0.5) is 0 Å². The summed E-state index contributed by atoms with van der Waals surface area (Å²) in [6.45, 7) is 3.53. The van der Waals surface area contributed by atoms with Crippen molar-refractivity contribution in [2.75, 3.05) is 19.8 Å². The predicted molar refractivity (Wildman–Crippen MR) is 93.6 cm³/mol. The molecule has 1 aromatic rings. The van der Waals surface area contributed by atoms with E-state index in [1.54, 1.807) is 6.08 Å². The molecule has 1 heterocycles. The Kier molecular flexibility index (Phi) is 6.60. The highest BCUT2D eigenvalue weighted by Gasteiger charge is 2.21. The minimum absolute atomic E-state index is 0.0996. The lowest BCUT2D eigenvalue weighted by Gasteiger charge is -2.10. The van der Waals surface area contributed by atoms with Crippen LogP contribution in [-0.2, 0) is 25.5 Å². The minimum Gasteiger partial charge on any atom is -0.493 e. The number of rotatable bonds is 8. The Hall–Kier alpha value is -3.03. The van der Waals surface area contributed by atoms with Gasteiger partial charge in [0.15, 0.2) is 6.61 Å². The summed E-state index contributed by atoms with van der Waals surface area (Å²) >= 11 is 0. The Bertz CT molecular complexity index is 729. The Balaban J connectivity index is 1.98. The maximum Gasteiger partial charge on any atom is 0.331 e. The molecule has 0 radical (unpaired) electrons. The summed E-state index contributed by atoms with van der Waals surface area (Å²) in [4.78, 5) is 33.7. The molecular weight excluding hydrogens is 340 g/mol. The molecule has 1 aromatic carbocycles. The number of benzene rings is 1. The number of nitrogens with two attached hydrogens (primary N) is 1. The van der Waals surface area contributed by atoms with E-state index in [1.165, 1.54) is 6.08 Å². The third-order valence-electron chi connectivity index (χ3n) is 3.53. The molecule has 0 aromatic heterocycles. The molecule has 0 bridgehead atoms. The van der Waals surface area contributed by atoms with Gasteiger partial charge in [-0.15, -0.1) is 0 Å². The normalized spacial score (nSPS) is 15.2. The molecular formula is C18H22N2O6. The van der Waals surface area contributed by atoms with Crippen LogP contribution in [0.3, 0.4) is 0 Å². The summed E-state index contributed by atoms with van der Waals surface area (Å²) in [5.74, 6) is -0.579. The van der Waals surface area contributed by atoms with E-state index >= 15 is 0 Å². The SMILES string of the molecule is CCOc1cc2c(cc1/C=C/C(=O)OCC(=O)NCC(N)=O)O[C@H](C)C2. The largest absolute Gasteiger partial charge is 0.493 e. The fourth-order valence-corrected chi connectivity index (χ4v) is 2.45. The molecule has 140 valence electrons. The molecule has 1 atom stereocenters. The Morgan fingerprint density at radius 1 is 1.38 bits per heavy atom. The van der Waals surface area contributed by atoms with E-state index in [0.29, 0.717) is 17.9 Å². The second-order valence-electron chi connectivity index (χ2n) is 5.75. The summed E-state index contributed by atoms with van der Waals surface area (Å²) in [7, 11) is 0. The predicted octanol–water partition coefficient (Wildman–Crippen LogP) is 0.567. The van der Waals surface area contributed by atoms with Gasteiger partial charge in [0, 0.05) is 23.6 Å². The van der Waals surface area contributed by atoms with Gasteiger partial charge in [-0.2, -0.15) is 0 Å². The second kappa shape index (κ2) is 8.89. The Morgan fingerprint density at radius 2 is 2.15 bits per heavy atom. The van der Waals surface area contributed by atoms with E-state index in [-0.39, 0.29) is 12.6 Å². The molecule has 0 saturated carbocycles. The lowest BCUT2D eigenvalue weighted by atomic mass is 10.1. The molecule has 8 nitrogen and oxygen atoms in total. The lowest BCUT2D eigenvalue weighted by molar-refractivity contribution is -0.143. The van der Waals surface area contributed by atoms with E-state index in [4.69, 9.17) is 19.9 Å². The van der Waals surface area contributed by atoms with E-state index in [1.807, 2.05) is 26.0 Å². The minimum atomic E-state index is -0.698. The maximum absolute atomic E-state index is 11.8. The summed E-state index contributed by atoms with van der Waals surface area (Å²) in [6, 6.07) is 3.72. The molecule has 8 heteroatoms. The number of hydrogen-bond donors (Lipinski definition) is 2. The quantitative estimate of drug-likeness (QED) is 0.516. The van der Waals surface area contributed by atoms with Crippen LogP contribution >= 0.6 is 0 Å². The zero-order valence-electron chi connectivity index (χ0n) is 14.7. The topological polar surface area (TPSA) is 117 Å². The number of fused-ring (bicyclic) bond motifs is 1. The molecule has 2 amide bonds. The smallest absolute Gasteiger partial charge is 0.331 e. The van der Waals surface area contributed by atoms with Gasteiger partial charge in [-0.3, -0.25) is 9.59 Å². The molecule has 2 rings (SSSR count). The number of nitrogens with one attached hydrogen (secondary N) is 1. The van der Waals surface area contributed by atoms with Crippen LogP contribution in [0.15, 0.2) is 18.2 Å². The van der Waals surface area contributed by atoms with Gasteiger partial charge >= 0.3 is 5.97 Å². The summed E-state index contributed by atoms with van der Waals surface area (Å²) in [5, 5.41) is 2.22. The second-order valence-corrected chi connectivity index (χ2v) is 5.75. The van der Waals surface area contributed by atoms with Gasteiger partial charge in [0.25, 0.3) is 5.91 Å². The highest BCUT2D eigenvalue weighted by molar-refractivity contribution is 5.90. The first-order valence-electron chi connectivity index (χ1n) is 8.25. The summed E-state index contributed by atoms with van der Waals surface area (Å²) in [6.07, 6.45) is 3.65. The monoisotopic (exact) mass is 362 g/mol. The van der Waals surface area contributed by atoms with Crippen molar-refractivity contribution < 1.29 is 28.6 Å². The maximum atomic E-state index is 11.8. The van der Waals surface area contributed by atoms with E-state index in [0.717, 1.165) is 17.7 Å². The van der Waals surface area contributed by atoms with Crippen LogP contribution in [0.5, 0.6) is 11.5 Å². The molecule has 0 fully saturated rings. The zero-order valence-corrected chi connectivity index (χ0v) is 14.7. The lowest BCUT2D eigenvalue weighted by Crippen LogP contribution is -2.35. The number of esters is 1. The Morgan fingerprint density at radius 3 is 2.85 bits per heavy atom. The molecule has 26 heavy (non-hydrogen) atoms. The molecule has 0 aliphatic carbocycles. The zero-order chi connectivity index (χ0) is 19.1. The highest BCUT2D eigenvalue weighted by Crippen LogP contribution is 2.35. The number of carbonyl (C=O) groups is 3. The standard InChI is InChI=1S/C18H22N2O6/c1-3-24-14-8-13-6-11(2)26-15(13)7-12(14)4-5-18(23)25-10-17(22)20-9-16(19)21/h4-5,7-8,11H,3,6,9-10H2,1-2H3,(H2,19,21)(H,20,22)/b5-4+/t11-/m1/s1. The van der Waals surface area contributed by atoms with Gasteiger partial charge in [-0.05, 0) is 32.1 Å². The fraction of sp³-hybridized carbons (Fsp3) is 0.389. The van der Waals surface area contributed by atoms with Crippen LogP contribution in [-0.4, -0.2) is 43.6 Å². The number of ether oxygens (including phenoxy) is 3. The van der Waals surface area contributed by atoms with E-state index in [2.05, 4.69) is 5.32 Å². The van der Waals surface area contributed by atoms with Crippen molar-refractivity contribution in [2.24, 2.45) is 5.73 Å². The third kappa shape index (κ3) is 5.51. The first kappa shape index (κ1) is 19.3. The van der Waals surface area contributed by atoms with Crippen LogP contribution in [0, 0.1) is 0 Å². The summed E-state index contributed by atoms with van der Waals surface area (Å²) < 4.78 is 16.1. The van der Waals surface area contributed by atoms with Crippen molar-refractivity contribution in [1.29, 1.82) is 0 Å². The Labute approximate surface area is 151 Å². The first-order valence-corrected chi connectivity index (χ1v) is 8.25. The third-order valence-corrected chi connectivity index (χ3v) is 3.53. The van der Waals surface area contributed by atoms with Crippen molar-refractivity contribution in [2.45, 2.75) is 26.4 Å². The number of amides is 2. The van der Waals surface area contributed by atoms with Crippen molar-refractivity contribution in [1.82, 2.24) is 5.32 Å². The molecule has 0 unspecified atom stereocenters. The van der Waals surface area contributed by atoms with Gasteiger partial charge in [0.2, 0.25) is 5.91 Å². The molecule has 1 aliphatic rings. The van der Waals surface area contributed by atoms with Gasteiger partial charge in [0.05, 0.1) is 13.2 Å². The number of hydrogen-bond acceptors (Lipinski definition) is 6. The van der Waals surface area contributed by atoms with E-state index < -0.39 is 24.4 Å². The molecule has 0 saturated heterocycles. The number of carbonyl (C=O) groups excluding carboxylic acids is 3. The highest BCUT2D eigenvalue weighted by atomic mass is 16.5. The van der Waals surface area contributed by atoms with Crippen molar-refractivity contribution in [3.8, 4) is 11.5 Å². The molecule has 0 spiro atoms. The van der Waals surface area contributed by atoms with Crippen molar-refractivity contribution in [3.63, 3.8) is 0 Å². The van der Waals surface area contributed by atoms with Gasteiger partial charge < -0.3 is 25.3 Å². The van der Waals surface area contributed by atoms with Crippen LogP contribution in [0.1, 0.15) is 25.0 Å². The first-order chi connectivity index (χ1) is 12.4. The molecule has 1 aliphatic heterocycles.